The molecular weight excluding hydrogens is 206 g/mol. The first kappa shape index (κ1) is 12.6. The van der Waals surface area contributed by atoms with E-state index >= 15 is 0 Å². The zero-order valence-electron chi connectivity index (χ0n) is 9.83. The third-order valence-electron chi connectivity index (χ3n) is 2.30. The van der Waals surface area contributed by atoms with Crippen LogP contribution < -0.4 is 4.72 Å². The molecule has 3 heteroatoms. The molecule has 1 rings (SSSR count). The van der Waals surface area contributed by atoms with E-state index in [0.717, 1.165) is 0 Å². The summed E-state index contributed by atoms with van der Waals surface area (Å²) in [6.45, 7) is 7.25. The van der Waals surface area contributed by atoms with Gasteiger partial charge in [0, 0.05) is 11.4 Å². The molecule has 0 fully saturated rings. The lowest BCUT2D eigenvalue weighted by atomic mass is 9.87. The van der Waals surface area contributed by atoms with Crippen LogP contribution in [-0.4, -0.2) is 10.8 Å². The predicted octanol–water partition coefficient (Wildman–Crippen LogP) is 2.37. The molecule has 0 aliphatic carbocycles. The lowest BCUT2D eigenvalue weighted by Crippen LogP contribution is -2.21. The largest absolute Gasteiger partial charge is 0.598 e. The maximum absolute atomic E-state index is 10.8. The van der Waals surface area contributed by atoms with Gasteiger partial charge < -0.3 is 4.55 Å². The summed E-state index contributed by atoms with van der Waals surface area (Å²) in [5.74, 6) is 0. The van der Waals surface area contributed by atoms with Gasteiger partial charge in [-0.25, -0.2) is 0 Å². The van der Waals surface area contributed by atoms with Gasteiger partial charge in [-0.15, -0.1) is 4.72 Å². The third-order valence-corrected chi connectivity index (χ3v) is 2.85. The highest BCUT2D eigenvalue weighted by atomic mass is 32.2. The van der Waals surface area contributed by atoms with Crippen molar-refractivity contribution in [2.24, 2.45) is 0 Å². The van der Waals surface area contributed by atoms with Gasteiger partial charge >= 0.3 is 0 Å². The molecule has 0 radical (unpaired) electrons. The Balaban J connectivity index is 2.65. The van der Waals surface area contributed by atoms with Crippen LogP contribution in [0.15, 0.2) is 24.3 Å². The molecule has 0 amide bonds. The van der Waals surface area contributed by atoms with Crippen molar-refractivity contribution in [1.82, 2.24) is 4.72 Å². The quantitative estimate of drug-likeness (QED) is 0.802. The van der Waals surface area contributed by atoms with Crippen LogP contribution >= 0.6 is 0 Å². The summed E-state index contributed by atoms with van der Waals surface area (Å²) in [6.07, 6.45) is 1.64. The van der Waals surface area contributed by atoms with E-state index in [0.29, 0.717) is 6.54 Å². The third kappa shape index (κ3) is 4.24. The lowest BCUT2D eigenvalue weighted by molar-refractivity contribution is 0.585. The van der Waals surface area contributed by atoms with Gasteiger partial charge in [-0.2, -0.15) is 0 Å². The first-order valence-corrected chi connectivity index (χ1v) is 6.62. The van der Waals surface area contributed by atoms with Gasteiger partial charge in [-0.1, -0.05) is 45.0 Å². The molecule has 1 unspecified atom stereocenters. The zero-order chi connectivity index (χ0) is 11.5. The highest BCUT2D eigenvalue weighted by Crippen LogP contribution is 2.22. The molecule has 0 bridgehead atoms. The van der Waals surface area contributed by atoms with Crippen molar-refractivity contribution in [3.05, 3.63) is 35.4 Å². The molecule has 1 aromatic rings. The topological polar surface area (TPSA) is 35.1 Å². The predicted molar refractivity (Wildman–Crippen MR) is 66.0 cm³/mol. The molecule has 0 aliphatic heterocycles. The smallest absolute Gasteiger partial charge is 0.115 e. The summed E-state index contributed by atoms with van der Waals surface area (Å²) >= 11 is -0.938. The molecule has 84 valence electrons. The van der Waals surface area contributed by atoms with Gasteiger partial charge in [0.25, 0.3) is 0 Å². The van der Waals surface area contributed by atoms with E-state index in [1.54, 1.807) is 6.26 Å². The van der Waals surface area contributed by atoms with E-state index in [4.69, 9.17) is 0 Å². The van der Waals surface area contributed by atoms with Gasteiger partial charge in [-0.3, -0.25) is 0 Å². The van der Waals surface area contributed by atoms with E-state index in [1.165, 1.54) is 11.1 Å². The minimum absolute atomic E-state index is 0.194. The second kappa shape index (κ2) is 5.01. The zero-order valence-corrected chi connectivity index (χ0v) is 10.6. The Kier molecular flexibility index (Phi) is 4.20. The second-order valence-electron chi connectivity index (χ2n) is 4.72. The molecule has 1 aromatic carbocycles. The average molecular weight is 225 g/mol. The number of benzene rings is 1. The highest BCUT2D eigenvalue weighted by Gasteiger charge is 2.12. The van der Waals surface area contributed by atoms with Crippen molar-refractivity contribution in [1.29, 1.82) is 0 Å². The molecule has 2 nitrogen and oxygen atoms in total. The average Bonchev–Trinajstić information content (AvgIpc) is 2.14. The first-order valence-electron chi connectivity index (χ1n) is 5.06. The van der Waals surface area contributed by atoms with Crippen molar-refractivity contribution < 1.29 is 4.55 Å². The van der Waals surface area contributed by atoms with E-state index < -0.39 is 11.4 Å². The van der Waals surface area contributed by atoms with Crippen LogP contribution in [0.25, 0.3) is 0 Å². The van der Waals surface area contributed by atoms with Crippen LogP contribution in [0.5, 0.6) is 0 Å². The van der Waals surface area contributed by atoms with Gasteiger partial charge in [0.15, 0.2) is 0 Å². The summed E-state index contributed by atoms with van der Waals surface area (Å²) in [5.41, 5.74) is 2.68. The molecule has 0 heterocycles. The Morgan fingerprint density at radius 3 is 2.13 bits per heavy atom. The van der Waals surface area contributed by atoms with Crippen molar-refractivity contribution in [3.8, 4) is 0 Å². The molecule has 0 spiro atoms. The van der Waals surface area contributed by atoms with Gasteiger partial charge in [0.2, 0.25) is 0 Å². The molecule has 0 saturated heterocycles. The van der Waals surface area contributed by atoms with Gasteiger partial charge in [0.1, 0.15) is 6.26 Å². The van der Waals surface area contributed by atoms with E-state index in [1.807, 2.05) is 0 Å². The lowest BCUT2D eigenvalue weighted by Gasteiger charge is -2.19. The molecule has 1 atom stereocenters. The molecular formula is C12H19NOS. The van der Waals surface area contributed by atoms with Crippen molar-refractivity contribution in [3.63, 3.8) is 0 Å². The van der Waals surface area contributed by atoms with Crippen LogP contribution in [0.1, 0.15) is 31.9 Å². The van der Waals surface area contributed by atoms with Crippen LogP contribution in [0.2, 0.25) is 0 Å². The SMILES string of the molecule is C[S+]([O-])NCc1ccc(C(C)(C)C)cc1. The highest BCUT2D eigenvalue weighted by molar-refractivity contribution is 7.88. The monoisotopic (exact) mass is 225 g/mol. The van der Waals surface area contributed by atoms with Gasteiger partial charge in [-0.05, 0) is 16.5 Å². The number of hydrogen-bond acceptors (Lipinski definition) is 2. The molecule has 0 saturated carbocycles. The Bertz CT molecular complexity index is 300. The van der Waals surface area contributed by atoms with Crippen LogP contribution in [-0.2, 0) is 23.3 Å². The summed E-state index contributed by atoms with van der Waals surface area (Å²) in [4.78, 5) is 0. The Morgan fingerprint density at radius 1 is 1.20 bits per heavy atom. The fourth-order valence-electron chi connectivity index (χ4n) is 1.31. The summed E-state index contributed by atoms with van der Waals surface area (Å²) in [7, 11) is 0. The Labute approximate surface area is 95.4 Å². The van der Waals surface area contributed by atoms with Crippen LogP contribution in [0.4, 0.5) is 0 Å². The normalized spacial score (nSPS) is 13.9. The van der Waals surface area contributed by atoms with Crippen molar-refractivity contribution in [2.45, 2.75) is 32.7 Å². The van der Waals surface area contributed by atoms with E-state index in [2.05, 4.69) is 49.8 Å². The fraction of sp³-hybridized carbons (Fsp3) is 0.500. The summed E-state index contributed by atoms with van der Waals surface area (Å²) < 4.78 is 13.7. The standard InChI is InChI=1S/C12H19NOS/c1-12(2,3)11-7-5-10(6-8-11)9-13-15(4)14/h5-8,13H,9H2,1-4H3. The Morgan fingerprint density at radius 2 is 1.73 bits per heavy atom. The fourth-order valence-corrected chi connectivity index (χ4v) is 1.68. The Hall–Kier alpha value is -0.510. The second-order valence-corrected chi connectivity index (χ2v) is 5.92. The molecule has 15 heavy (non-hydrogen) atoms. The minimum Gasteiger partial charge on any atom is -0.598 e. The van der Waals surface area contributed by atoms with Crippen LogP contribution in [0.3, 0.4) is 0 Å². The minimum atomic E-state index is -0.938. The van der Waals surface area contributed by atoms with E-state index in [-0.39, 0.29) is 5.41 Å². The first-order chi connectivity index (χ1) is 6.89. The van der Waals surface area contributed by atoms with Gasteiger partial charge in [0.05, 0.1) is 6.54 Å². The maximum atomic E-state index is 10.8. The molecule has 1 N–H and O–H groups in total. The van der Waals surface area contributed by atoms with Crippen molar-refractivity contribution >= 4 is 11.4 Å². The van der Waals surface area contributed by atoms with E-state index in [9.17, 15) is 4.55 Å². The number of hydrogen-bond donors (Lipinski definition) is 1. The molecule has 0 aliphatic rings. The molecule has 0 aromatic heterocycles. The number of rotatable bonds is 3. The number of nitrogens with one attached hydrogen (secondary N) is 1. The summed E-state index contributed by atoms with van der Waals surface area (Å²) in [6, 6.07) is 8.44. The van der Waals surface area contributed by atoms with Crippen molar-refractivity contribution in [2.75, 3.05) is 6.26 Å². The maximum Gasteiger partial charge on any atom is 0.115 e. The van der Waals surface area contributed by atoms with Crippen LogP contribution in [0, 0.1) is 0 Å². The summed E-state index contributed by atoms with van der Waals surface area (Å²) in [5, 5.41) is 0.